The van der Waals surface area contributed by atoms with Gasteiger partial charge in [0.2, 0.25) is 0 Å². The Kier molecular flexibility index (Phi) is 8.52. The largest absolute Gasteiger partial charge is 0.495 e. The van der Waals surface area contributed by atoms with Crippen LogP contribution in [0.15, 0.2) is 70.4 Å². The highest BCUT2D eigenvalue weighted by molar-refractivity contribution is 8.03. The number of para-hydroxylation sites is 2. The Balaban J connectivity index is 2.16. The van der Waals surface area contributed by atoms with Crippen LogP contribution in [0.3, 0.4) is 0 Å². The monoisotopic (exact) mass is 501 g/mol. The van der Waals surface area contributed by atoms with Crippen molar-refractivity contribution >= 4 is 23.4 Å². The number of dihydropyridines is 1. The number of halogens is 3. The Bertz CT molecular complexity index is 1200. The van der Waals surface area contributed by atoms with Crippen molar-refractivity contribution < 1.29 is 22.7 Å². The average molecular weight is 502 g/mol. The van der Waals surface area contributed by atoms with Crippen LogP contribution in [0.1, 0.15) is 43.7 Å². The molecular formula is C26H26F3N3O2S. The molecule has 184 valence electrons. The normalized spacial score (nSPS) is 16.0. The molecule has 0 saturated carbocycles. The number of nitrogens with zero attached hydrogens (tertiary/aromatic N) is 1. The van der Waals surface area contributed by atoms with Crippen LogP contribution in [0.5, 0.6) is 5.75 Å². The predicted molar refractivity (Wildman–Crippen MR) is 132 cm³/mol. The van der Waals surface area contributed by atoms with Gasteiger partial charge in [0.1, 0.15) is 5.75 Å². The molecule has 1 unspecified atom stereocenters. The molecule has 2 aromatic rings. The van der Waals surface area contributed by atoms with Crippen LogP contribution in [-0.2, 0) is 11.0 Å². The number of hydrogen-bond donors (Lipinski definition) is 2. The summed E-state index contributed by atoms with van der Waals surface area (Å²) >= 11 is 1.37. The lowest BCUT2D eigenvalue weighted by molar-refractivity contribution is -0.138. The van der Waals surface area contributed by atoms with Crippen molar-refractivity contribution in [2.75, 3.05) is 18.2 Å². The van der Waals surface area contributed by atoms with Crippen molar-refractivity contribution in [3.63, 3.8) is 0 Å². The van der Waals surface area contributed by atoms with Crippen LogP contribution in [0.2, 0.25) is 0 Å². The van der Waals surface area contributed by atoms with E-state index in [1.165, 1.54) is 37.1 Å². The Morgan fingerprint density at radius 1 is 1.20 bits per heavy atom. The number of carbonyl (C=O) groups is 1. The first kappa shape index (κ1) is 26.2. The summed E-state index contributed by atoms with van der Waals surface area (Å²) in [5, 5.41) is 16.4. The standard InChI is InChI=1S/C26H26F3N3O2S/c1-4-5-14-35-25-18(15-30)23(17-10-6-7-11-19(17)26(27,28)29)22(16(2)31-25)24(33)32-20-12-8-9-13-21(20)34-3/h6-13,23,31H,4-5,14H2,1-3H3,(H,32,33). The second-order valence-corrected chi connectivity index (χ2v) is 9.00. The van der Waals surface area contributed by atoms with Gasteiger partial charge in [0.05, 0.1) is 40.9 Å². The van der Waals surface area contributed by atoms with E-state index >= 15 is 0 Å². The number of methoxy groups -OCH3 is 1. The maximum absolute atomic E-state index is 14.0. The lowest BCUT2D eigenvalue weighted by atomic mass is 9.80. The molecule has 1 aliphatic rings. The van der Waals surface area contributed by atoms with E-state index in [1.807, 2.05) is 6.92 Å². The number of amides is 1. The van der Waals surface area contributed by atoms with Crippen LogP contribution in [-0.4, -0.2) is 18.8 Å². The molecule has 1 aliphatic heterocycles. The minimum atomic E-state index is -4.66. The molecule has 0 radical (unpaired) electrons. The number of alkyl halides is 3. The van der Waals surface area contributed by atoms with Gasteiger partial charge in [-0.2, -0.15) is 18.4 Å². The lowest BCUT2D eigenvalue weighted by Crippen LogP contribution is -2.31. The van der Waals surface area contributed by atoms with Gasteiger partial charge in [-0.1, -0.05) is 43.7 Å². The van der Waals surface area contributed by atoms with Gasteiger partial charge in [-0.25, -0.2) is 0 Å². The molecule has 0 bridgehead atoms. The van der Waals surface area contributed by atoms with Crippen LogP contribution in [0.25, 0.3) is 0 Å². The molecule has 5 nitrogen and oxygen atoms in total. The molecule has 0 saturated heterocycles. The van der Waals surface area contributed by atoms with E-state index < -0.39 is 23.6 Å². The molecule has 2 N–H and O–H groups in total. The van der Waals surface area contributed by atoms with Gasteiger partial charge in [-0.15, -0.1) is 11.8 Å². The lowest BCUT2D eigenvalue weighted by Gasteiger charge is -2.31. The second kappa shape index (κ2) is 11.4. The third kappa shape index (κ3) is 5.82. The summed E-state index contributed by atoms with van der Waals surface area (Å²) in [5.41, 5.74) is -0.141. The third-order valence-corrected chi connectivity index (χ3v) is 6.67. The maximum Gasteiger partial charge on any atom is 0.416 e. The minimum absolute atomic E-state index is 0.0454. The molecule has 0 spiro atoms. The summed E-state index contributed by atoms with van der Waals surface area (Å²) in [6.07, 6.45) is -2.85. The van der Waals surface area contributed by atoms with Crippen molar-refractivity contribution in [1.29, 1.82) is 5.26 Å². The minimum Gasteiger partial charge on any atom is -0.495 e. The summed E-state index contributed by atoms with van der Waals surface area (Å²) < 4.78 is 47.3. The summed E-state index contributed by atoms with van der Waals surface area (Å²) in [7, 11) is 1.45. The SMILES string of the molecule is CCCCSC1=C(C#N)C(c2ccccc2C(F)(F)F)C(C(=O)Nc2ccccc2OC)=C(C)N1. The van der Waals surface area contributed by atoms with Gasteiger partial charge in [-0.05, 0) is 42.9 Å². The molecule has 0 fully saturated rings. The number of hydrogen-bond acceptors (Lipinski definition) is 5. The number of ether oxygens (including phenoxy) is 1. The first-order valence-corrected chi connectivity index (χ1v) is 12.1. The maximum atomic E-state index is 14.0. The summed E-state index contributed by atoms with van der Waals surface area (Å²) in [6.45, 7) is 3.66. The van der Waals surface area contributed by atoms with E-state index in [1.54, 1.807) is 31.2 Å². The third-order valence-electron chi connectivity index (χ3n) is 5.57. The number of benzene rings is 2. The molecule has 1 amide bonds. The summed E-state index contributed by atoms with van der Waals surface area (Å²) in [6, 6.07) is 13.9. The summed E-state index contributed by atoms with van der Waals surface area (Å²) in [4.78, 5) is 13.5. The first-order valence-electron chi connectivity index (χ1n) is 11.1. The van der Waals surface area contributed by atoms with Gasteiger partial charge < -0.3 is 15.4 Å². The van der Waals surface area contributed by atoms with Crippen LogP contribution in [0.4, 0.5) is 18.9 Å². The predicted octanol–water partition coefficient (Wildman–Crippen LogP) is 6.58. The van der Waals surface area contributed by atoms with Crippen molar-refractivity contribution in [2.45, 2.75) is 38.8 Å². The molecule has 1 heterocycles. The Morgan fingerprint density at radius 3 is 2.54 bits per heavy atom. The van der Waals surface area contributed by atoms with Gasteiger partial charge in [0.25, 0.3) is 5.91 Å². The van der Waals surface area contributed by atoms with E-state index in [0.717, 1.165) is 18.9 Å². The van der Waals surface area contributed by atoms with Gasteiger partial charge >= 0.3 is 6.18 Å². The number of rotatable bonds is 8. The van der Waals surface area contributed by atoms with E-state index in [2.05, 4.69) is 16.7 Å². The topological polar surface area (TPSA) is 74.2 Å². The van der Waals surface area contributed by atoms with Gasteiger partial charge in [0, 0.05) is 11.3 Å². The second-order valence-electron chi connectivity index (χ2n) is 7.89. The fourth-order valence-corrected chi connectivity index (χ4v) is 5.08. The Labute approximate surface area is 207 Å². The van der Waals surface area contributed by atoms with Gasteiger partial charge in [0.15, 0.2) is 0 Å². The zero-order valence-electron chi connectivity index (χ0n) is 19.6. The van der Waals surface area contributed by atoms with Crippen molar-refractivity contribution in [3.05, 3.63) is 81.5 Å². The quantitative estimate of drug-likeness (QED) is 0.400. The fourth-order valence-electron chi connectivity index (χ4n) is 3.90. The smallest absolute Gasteiger partial charge is 0.416 e. The number of anilines is 1. The molecule has 35 heavy (non-hydrogen) atoms. The zero-order valence-corrected chi connectivity index (χ0v) is 20.4. The fraction of sp³-hybridized carbons (Fsp3) is 0.308. The van der Waals surface area contributed by atoms with Crippen LogP contribution < -0.4 is 15.4 Å². The molecule has 3 rings (SSSR count). The molecule has 0 aliphatic carbocycles. The number of nitriles is 1. The Hall–Kier alpha value is -3.38. The first-order chi connectivity index (χ1) is 16.7. The van der Waals surface area contributed by atoms with Crippen LogP contribution in [0, 0.1) is 11.3 Å². The number of carbonyl (C=O) groups excluding carboxylic acids is 1. The van der Waals surface area contributed by atoms with Crippen molar-refractivity contribution in [3.8, 4) is 11.8 Å². The highest BCUT2D eigenvalue weighted by Crippen LogP contribution is 2.45. The highest BCUT2D eigenvalue weighted by atomic mass is 32.2. The highest BCUT2D eigenvalue weighted by Gasteiger charge is 2.41. The van der Waals surface area contributed by atoms with E-state index in [-0.39, 0.29) is 16.7 Å². The van der Waals surface area contributed by atoms with E-state index in [0.29, 0.717) is 27.9 Å². The molecule has 9 heteroatoms. The van der Waals surface area contributed by atoms with E-state index in [4.69, 9.17) is 4.74 Å². The van der Waals surface area contributed by atoms with E-state index in [9.17, 15) is 23.2 Å². The molecule has 2 aromatic carbocycles. The van der Waals surface area contributed by atoms with Crippen LogP contribution >= 0.6 is 11.8 Å². The summed E-state index contributed by atoms with van der Waals surface area (Å²) in [5.74, 6) is -0.722. The molecule has 0 aromatic heterocycles. The number of allylic oxidation sites excluding steroid dienone is 2. The number of unbranched alkanes of at least 4 members (excludes halogenated alkanes) is 1. The molecular weight excluding hydrogens is 475 g/mol. The van der Waals surface area contributed by atoms with Crippen molar-refractivity contribution in [2.24, 2.45) is 0 Å². The number of thioether (sulfide) groups is 1. The Morgan fingerprint density at radius 2 is 1.89 bits per heavy atom. The average Bonchev–Trinajstić information content (AvgIpc) is 2.83. The zero-order chi connectivity index (χ0) is 25.6. The number of nitrogens with one attached hydrogen (secondary N) is 2. The van der Waals surface area contributed by atoms with Gasteiger partial charge in [-0.3, -0.25) is 4.79 Å². The van der Waals surface area contributed by atoms with Crippen molar-refractivity contribution in [1.82, 2.24) is 5.32 Å². The molecule has 1 atom stereocenters.